The van der Waals surface area contributed by atoms with Gasteiger partial charge in [-0.25, -0.2) is 9.97 Å². The van der Waals surface area contributed by atoms with E-state index in [-0.39, 0.29) is 17.9 Å². The van der Waals surface area contributed by atoms with Crippen LogP contribution in [0.2, 0.25) is 5.02 Å². The molecule has 1 N–H and O–H groups in total. The number of nitrogens with zero attached hydrogens (tertiary/aromatic N) is 4. The van der Waals surface area contributed by atoms with Gasteiger partial charge in [-0.2, -0.15) is 0 Å². The molecule has 2 aliphatic rings. The minimum absolute atomic E-state index is 0.0426. The van der Waals surface area contributed by atoms with Crippen molar-refractivity contribution in [2.75, 3.05) is 18.0 Å². The zero-order chi connectivity index (χ0) is 25.0. The molecule has 1 atom stereocenters. The van der Waals surface area contributed by atoms with Crippen molar-refractivity contribution in [3.8, 4) is 0 Å². The Hall–Kier alpha value is -2.62. The number of carbonyl (C=O) groups excluding carboxylic acids is 1. The Balaban J connectivity index is 1.31. The standard InChI is InChI=1S/C25H31BClN5O3/c1-6-19(16-7-9-18(27)10-8-16)30-22(33)17-13-31(14-17)23-29-15-28-21-12-11-20(32(21)23)26-34-24(2,3)25(4,5)35-26/h7-12,15,17,19H,6,13-14H2,1-5H3,(H,30,33). The van der Waals surface area contributed by atoms with Gasteiger partial charge in [0, 0.05) is 18.1 Å². The zero-order valence-electron chi connectivity index (χ0n) is 20.8. The molecule has 0 radical (unpaired) electrons. The van der Waals surface area contributed by atoms with Crippen LogP contribution in [0.25, 0.3) is 5.65 Å². The highest BCUT2D eigenvalue weighted by molar-refractivity contribution is 6.61. The fraction of sp³-hybridized carbons (Fsp3) is 0.480. The number of aromatic nitrogens is 3. The van der Waals surface area contributed by atoms with Gasteiger partial charge in [-0.15, -0.1) is 0 Å². The molecule has 2 aromatic heterocycles. The summed E-state index contributed by atoms with van der Waals surface area (Å²) in [5.41, 5.74) is 1.77. The van der Waals surface area contributed by atoms with Gasteiger partial charge in [-0.3, -0.25) is 9.20 Å². The molecule has 184 valence electrons. The van der Waals surface area contributed by atoms with Crippen LogP contribution in [0.5, 0.6) is 0 Å². The fourth-order valence-electron chi connectivity index (χ4n) is 4.54. The van der Waals surface area contributed by atoms with Crippen molar-refractivity contribution in [1.29, 1.82) is 0 Å². The predicted octanol–water partition coefficient (Wildman–Crippen LogP) is 3.39. The van der Waals surface area contributed by atoms with Crippen molar-refractivity contribution in [2.45, 2.75) is 58.3 Å². The summed E-state index contributed by atoms with van der Waals surface area (Å²) in [7, 11) is -0.530. The van der Waals surface area contributed by atoms with E-state index in [0.717, 1.165) is 29.2 Å². The normalized spacial score (nSPS) is 20.2. The first-order chi connectivity index (χ1) is 16.6. The molecule has 0 spiro atoms. The summed E-state index contributed by atoms with van der Waals surface area (Å²) in [6.07, 6.45) is 2.36. The zero-order valence-corrected chi connectivity index (χ0v) is 21.5. The largest absolute Gasteiger partial charge is 0.512 e. The molecule has 4 heterocycles. The quantitative estimate of drug-likeness (QED) is 0.528. The highest BCUT2D eigenvalue weighted by Crippen LogP contribution is 2.37. The molecule has 1 aromatic carbocycles. The summed E-state index contributed by atoms with van der Waals surface area (Å²) in [6.45, 7) is 11.4. The van der Waals surface area contributed by atoms with Crippen LogP contribution in [-0.2, 0) is 14.1 Å². The lowest BCUT2D eigenvalue weighted by molar-refractivity contribution is -0.126. The number of hydrogen-bond donors (Lipinski definition) is 1. The number of rotatable bonds is 6. The van der Waals surface area contributed by atoms with Crippen LogP contribution in [-0.4, -0.2) is 51.7 Å². The van der Waals surface area contributed by atoms with E-state index >= 15 is 0 Å². The number of anilines is 1. The summed E-state index contributed by atoms with van der Waals surface area (Å²) in [4.78, 5) is 24.1. The molecular weight excluding hydrogens is 465 g/mol. The van der Waals surface area contributed by atoms with Crippen molar-refractivity contribution in [3.63, 3.8) is 0 Å². The van der Waals surface area contributed by atoms with Crippen LogP contribution in [0.4, 0.5) is 5.95 Å². The Bertz CT molecular complexity index is 1220. The number of benzene rings is 1. The van der Waals surface area contributed by atoms with Crippen LogP contribution in [0.1, 0.15) is 52.6 Å². The van der Waals surface area contributed by atoms with E-state index in [4.69, 9.17) is 20.9 Å². The van der Waals surface area contributed by atoms with Gasteiger partial charge in [0.1, 0.15) is 12.0 Å². The van der Waals surface area contributed by atoms with E-state index < -0.39 is 18.3 Å². The smallest absolute Gasteiger partial charge is 0.398 e. The Morgan fingerprint density at radius 3 is 2.40 bits per heavy atom. The van der Waals surface area contributed by atoms with Crippen LogP contribution in [0, 0.1) is 5.92 Å². The summed E-state index contributed by atoms with van der Waals surface area (Å²) in [6, 6.07) is 11.5. The summed E-state index contributed by atoms with van der Waals surface area (Å²) in [5, 5.41) is 3.88. The van der Waals surface area contributed by atoms with E-state index in [1.54, 1.807) is 6.33 Å². The van der Waals surface area contributed by atoms with E-state index in [0.29, 0.717) is 18.1 Å². The highest BCUT2D eigenvalue weighted by Gasteiger charge is 2.53. The van der Waals surface area contributed by atoms with Gasteiger partial charge in [0.05, 0.1) is 28.8 Å². The van der Waals surface area contributed by atoms with E-state index in [1.165, 1.54) is 0 Å². The van der Waals surface area contributed by atoms with Gasteiger partial charge in [-0.05, 0) is 63.9 Å². The number of fused-ring (bicyclic) bond motifs is 1. The molecule has 5 rings (SSSR count). The van der Waals surface area contributed by atoms with E-state index in [9.17, 15) is 4.79 Å². The number of hydrogen-bond acceptors (Lipinski definition) is 6. The monoisotopic (exact) mass is 495 g/mol. The molecule has 0 aliphatic carbocycles. The predicted molar refractivity (Wildman–Crippen MR) is 137 cm³/mol. The summed E-state index contributed by atoms with van der Waals surface area (Å²) < 4.78 is 14.5. The third-order valence-electron chi connectivity index (χ3n) is 7.48. The molecule has 0 saturated carbocycles. The third kappa shape index (κ3) is 4.30. The molecule has 1 amide bonds. The fourth-order valence-corrected chi connectivity index (χ4v) is 4.67. The number of nitrogens with one attached hydrogen (secondary N) is 1. The number of carbonyl (C=O) groups is 1. The molecule has 2 aliphatic heterocycles. The van der Waals surface area contributed by atoms with E-state index in [1.807, 2.05) is 68.5 Å². The van der Waals surface area contributed by atoms with Gasteiger partial charge in [0.2, 0.25) is 11.9 Å². The maximum Gasteiger partial charge on any atom is 0.512 e. The lowest BCUT2D eigenvalue weighted by Gasteiger charge is -2.39. The van der Waals surface area contributed by atoms with Gasteiger partial charge in [0.15, 0.2) is 0 Å². The lowest BCUT2D eigenvalue weighted by atomic mass is 9.85. The van der Waals surface area contributed by atoms with Crippen molar-refractivity contribution >= 4 is 41.8 Å². The minimum atomic E-state index is -0.530. The van der Waals surface area contributed by atoms with Crippen molar-refractivity contribution in [1.82, 2.24) is 19.7 Å². The number of amides is 1. The van der Waals surface area contributed by atoms with Gasteiger partial charge in [0.25, 0.3) is 0 Å². The SMILES string of the molecule is CCC(NC(=O)C1CN(c2ncnc3ccc(B4OC(C)(C)C(C)(C)O4)n23)C1)c1ccc(Cl)cc1. The van der Waals surface area contributed by atoms with Crippen LogP contribution in [0.15, 0.2) is 42.7 Å². The summed E-state index contributed by atoms with van der Waals surface area (Å²) in [5.74, 6) is 0.669. The average molecular weight is 496 g/mol. The van der Waals surface area contributed by atoms with Crippen molar-refractivity contribution < 1.29 is 14.1 Å². The molecule has 0 bridgehead atoms. The molecule has 2 fully saturated rings. The molecule has 8 nitrogen and oxygen atoms in total. The molecule has 35 heavy (non-hydrogen) atoms. The first-order valence-corrected chi connectivity index (χ1v) is 12.5. The lowest BCUT2D eigenvalue weighted by Crippen LogP contribution is -2.55. The molecule has 10 heteroatoms. The maximum atomic E-state index is 13.0. The Morgan fingerprint density at radius 1 is 1.11 bits per heavy atom. The summed E-state index contributed by atoms with van der Waals surface area (Å²) >= 11 is 6.01. The average Bonchev–Trinajstić information content (AvgIpc) is 3.30. The van der Waals surface area contributed by atoms with E-state index in [2.05, 4.69) is 27.1 Å². The Kier molecular flexibility index (Phi) is 6.06. The third-order valence-corrected chi connectivity index (χ3v) is 7.73. The van der Waals surface area contributed by atoms with Gasteiger partial charge < -0.3 is 19.5 Å². The minimum Gasteiger partial charge on any atom is -0.398 e. The van der Waals surface area contributed by atoms with Gasteiger partial charge >= 0.3 is 7.12 Å². The first-order valence-electron chi connectivity index (χ1n) is 12.1. The van der Waals surface area contributed by atoms with Crippen molar-refractivity contribution in [2.24, 2.45) is 5.92 Å². The van der Waals surface area contributed by atoms with Crippen LogP contribution < -0.4 is 15.8 Å². The molecule has 1 unspecified atom stereocenters. The van der Waals surface area contributed by atoms with Crippen LogP contribution in [0.3, 0.4) is 0 Å². The first kappa shape index (κ1) is 24.1. The number of halogens is 1. The second-order valence-corrected chi connectivity index (χ2v) is 10.8. The molecule has 3 aromatic rings. The van der Waals surface area contributed by atoms with Crippen molar-refractivity contribution in [3.05, 3.63) is 53.3 Å². The Morgan fingerprint density at radius 2 is 1.77 bits per heavy atom. The highest BCUT2D eigenvalue weighted by atomic mass is 35.5. The topological polar surface area (TPSA) is 81.0 Å². The molecule has 2 saturated heterocycles. The second kappa shape index (κ2) is 8.80. The maximum absolute atomic E-state index is 13.0. The second-order valence-electron chi connectivity index (χ2n) is 10.3. The molecular formula is C25H31BClN5O3. The van der Waals surface area contributed by atoms with Crippen LogP contribution >= 0.6 is 11.6 Å². The van der Waals surface area contributed by atoms with Gasteiger partial charge in [-0.1, -0.05) is 30.7 Å². The Labute approximate surface area is 211 Å².